The number of rotatable bonds is 18. The van der Waals surface area contributed by atoms with Gasteiger partial charge in [-0.2, -0.15) is 0 Å². The first-order chi connectivity index (χ1) is 15.7. The molecule has 3 nitrogen and oxygen atoms in total. The normalized spacial score (nSPS) is 11.5. The Morgan fingerprint density at radius 2 is 1.28 bits per heavy atom. The maximum Gasteiger partial charge on any atom is 0.166 e. The molecule has 0 radical (unpaired) electrons. The van der Waals surface area contributed by atoms with Crippen LogP contribution in [0.4, 0.5) is 0 Å². The van der Waals surface area contributed by atoms with Crippen molar-refractivity contribution in [1.82, 2.24) is 0 Å². The predicted octanol–water partition coefficient (Wildman–Crippen LogP) is 8.09. The molecule has 2 aromatic rings. The third-order valence-electron chi connectivity index (χ3n) is 6.22. The first kappa shape index (κ1) is 26.1. The maximum atomic E-state index is 12.5. The highest BCUT2D eigenvalue weighted by molar-refractivity contribution is 6.04. The standard InChI is InChI=1S/C29H43NO2/c30-24-18-14-12-10-8-6-4-2-1-3-5-7-9-11-13-15-21-28(31)27-23-22-25-19-16-17-20-26(25)29(27)32/h1-2,16-17,19-20,22-23,32H,3-15,18,21,24,30H2/b2-1-. The summed E-state index contributed by atoms with van der Waals surface area (Å²) in [5.41, 5.74) is 5.97. The molecule has 0 aromatic heterocycles. The summed E-state index contributed by atoms with van der Waals surface area (Å²) in [7, 11) is 0. The molecule has 32 heavy (non-hydrogen) atoms. The van der Waals surface area contributed by atoms with Crippen LogP contribution in [0.5, 0.6) is 5.75 Å². The zero-order valence-electron chi connectivity index (χ0n) is 19.9. The number of aromatic hydroxyl groups is 1. The summed E-state index contributed by atoms with van der Waals surface area (Å²) in [5, 5.41) is 12.2. The molecule has 0 heterocycles. The summed E-state index contributed by atoms with van der Waals surface area (Å²) in [6, 6.07) is 11.3. The molecule has 3 heteroatoms. The van der Waals surface area contributed by atoms with Gasteiger partial charge in [-0.1, -0.05) is 93.9 Å². The molecule has 0 atom stereocenters. The van der Waals surface area contributed by atoms with E-state index < -0.39 is 0 Å². The van der Waals surface area contributed by atoms with Gasteiger partial charge >= 0.3 is 0 Å². The van der Waals surface area contributed by atoms with Crippen molar-refractivity contribution < 1.29 is 9.90 Å². The average Bonchev–Trinajstić information content (AvgIpc) is 2.81. The number of allylic oxidation sites excluding steroid dienone is 2. The number of unbranched alkanes of at least 4 members (excludes halogenated alkanes) is 12. The lowest BCUT2D eigenvalue weighted by Crippen LogP contribution is -1.99. The van der Waals surface area contributed by atoms with Crippen LogP contribution in [0.15, 0.2) is 48.6 Å². The fraction of sp³-hybridized carbons (Fsp3) is 0.552. The number of carbonyl (C=O) groups excluding carboxylic acids is 1. The Hall–Kier alpha value is -2.13. The van der Waals surface area contributed by atoms with E-state index in [1.165, 1.54) is 77.0 Å². The van der Waals surface area contributed by atoms with Crippen LogP contribution < -0.4 is 5.73 Å². The van der Waals surface area contributed by atoms with E-state index in [1.54, 1.807) is 6.07 Å². The Kier molecular flexibility index (Phi) is 13.5. The van der Waals surface area contributed by atoms with Crippen LogP contribution in [-0.2, 0) is 0 Å². The van der Waals surface area contributed by atoms with Gasteiger partial charge in [0.15, 0.2) is 5.78 Å². The first-order valence-corrected chi connectivity index (χ1v) is 12.8. The largest absolute Gasteiger partial charge is 0.507 e. The average molecular weight is 438 g/mol. The highest BCUT2D eigenvalue weighted by atomic mass is 16.3. The van der Waals surface area contributed by atoms with E-state index in [9.17, 15) is 9.90 Å². The van der Waals surface area contributed by atoms with Gasteiger partial charge in [0.1, 0.15) is 5.75 Å². The molecule has 2 rings (SSSR count). The van der Waals surface area contributed by atoms with Crippen molar-refractivity contribution in [2.24, 2.45) is 5.73 Å². The van der Waals surface area contributed by atoms with Gasteiger partial charge in [0.05, 0.1) is 5.56 Å². The van der Waals surface area contributed by atoms with Crippen LogP contribution in [-0.4, -0.2) is 17.4 Å². The van der Waals surface area contributed by atoms with E-state index in [-0.39, 0.29) is 11.5 Å². The molecular weight excluding hydrogens is 394 g/mol. The molecule has 0 aliphatic heterocycles. The van der Waals surface area contributed by atoms with E-state index in [2.05, 4.69) is 12.2 Å². The molecule has 0 unspecified atom stereocenters. The fourth-order valence-electron chi connectivity index (χ4n) is 4.22. The topological polar surface area (TPSA) is 63.3 Å². The van der Waals surface area contributed by atoms with Crippen molar-refractivity contribution in [1.29, 1.82) is 0 Å². The number of fused-ring (bicyclic) bond motifs is 1. The van der Waals surface area contributed by atoms with Crippen LogP contribution in [0.1, 0.15) is 107 Å². The predicted molar refractivity (Wildman–Crippen MR) is 137 cm³/mol. The lowest BCUT2D eigenvalue weighted by Gasteiger charge is -2.07. The molecule has 0 spiro atoms. The van der Waals surface area contributed by atoms with E-state index in [0.29, 0.717) is 12.0 Å². The van der Waals surface area contributed by atoms with Crippen LogP contribution in [0.2, 0.25) is 0 Å². The summed E-state index contributed by atoms with van der Waals surface area (Å²) in [5.74, 6) is 0.178. The molecule has 0 aliphatic carbocycles. The molecule has 0 amide bonds. The maximum absolute atomic E-state index is 12.5. The quantitative estimate of drug-likeness (QED) is 0.141. The van der Waals surface area contributed by atoms with Crippen molar-refractivity contribution in [2.75, 3.05) is 6.54 Å². The van der Waals surface area contributed by atoms with Gasteiger partial charge in [0, 0.05) is 11.8 Å². The van der Waals surface area contributed by atoms with E-state index >= 15 is 0 Å². The highest BCUT2D eigenvalue weighted by Crippen LogP contribution is 2.29. The van der Waals surface area contributed by atoms with Gasteiger partial charge in [-0.3, -0.25) is 4.79 Å². The van der Waals surface area contributed by atoms with Gasteiger partial charge in [-0.25, -0.2) is 0 Å². The Bertz CT molecular complexity index is 812. The number of hydrogen-bond donors (Lipinski definition) is 2. The Labute approximate surface area is 195 Å². The van der Waals surface area contributed by atoms with Gasteiger partial charge in [-0.05, 0) is 56.5 Å². The smallest absolute Gasteiger partial charge is 0.166 e. The molecule has 0 bridgehead atoms. The second kappa shape index (κ2) is 16.5. The van der Waals surface area contributed by atoms with Gasteiger partial charge in [0.25, 0.3) is 0 Å². The van der Waals surface area contributed by atoms with Crippen molar-refractivity contribution in [2.45, 2.75) is 96.3 Å². The number of phenols is 1. The number of ketones is 1. The molecule has 0 aliphatic rings. The molecule has 2 aromatic carbocycles. The van der Waals surface area contributed by atoms with Crippen LogP contribution >= 0.6 is 0 Å². The molecule has 0 fully saturated rings. The second-order valence-electron chi connectivity index (χ2n) is 8.94. The lowest BCUT2D eigenvalue weighted by molar-refractivity contribution is 0.0976. The number of phenolic OH excluding ortho intramolecular Hbond substituents is 1. The minimum absolute atomic E-state index is 0.0500. The van der Waals surface area contributed by atoms with Crippen LogP contribution in [0, 0.1) is 0 Å². The fourth-order valence-corrected chi connectivity index (χ4v) is 4.22. The second-order valence-corrected chi connectivity index (χ2v) is 8.94. The third-order valence-corrected chi connectivity index (χ3v) is 6.22. The number of carbonyl (C=O) groups is 1. The third kappa shape index (κ3) is 9.99. The van der Waals surface area contributed by atoms with Gasteiger partial charge < -0.3 is 10.8 Å². The van der Waals surface area contributed by atoms with Gasteiger partial charge in [-0.15, -0.1) is 0 Å². The van der Waals surface area contributed by atoms with Crippen LogP contribution in [0.3, 0.4) is 0 Å². The Morgan fingerprint density at radius 1 is 0.719 bits per heavy atom. The van der Waals surface area contributed by atoms with Crippen molar-refractivity contribution in [3.05, 3.63) is 54.1 Å². The van der Waals surface area contributed by atoms with Crippen molar-refractivity contribution >= 4 is 16.6 Å². The van der Waals surface area contributed by atoms with E-state index in [4.69, 9.17) is 5.73 Å². The van der Waals surface area contributed by atoms with E-state index in [1.807, 2.05) is 30.3 Å². The minimum Gasteiger partial charge on any atom is -0.507 e. The molecule has 176 valence electrons. The van der Waals surface area contributed by atoms with Crippen LogP contribution in [0.25, 0.3) is 10.8 Å². The Morgan fingerprint density at radius 3 is 1.94 bits per heavy atom. The summed E-state index contributed by atoms with van der Waals surface area (Å²) in [6.07, 6.45) is 22.4. The van der Waals surface area contributed by atoms with Crippen molar-refractivity contribution in [3.63, 3.8) is 0 Å². The first-order valence-electron chi connectivity index (χ1n) is 12.8. The minimum atomic E-state index is 0.0500. The molecular formula is C29H43NO2. The van der Waals surface area contributed by atoms with E-state index in [0.717, 1.165) is 30.2 Å². The van der Waals surface area contributed by atoms with Gasteiger partial charge in [0.2, 0.25) is 0 Å². The number of hydrogen-bond acceptors (Lipinski definition) is 3. The lowest BCUT2D eigenvalue weighted by atomic mass is 9.99. The monoisotopic (exact) mass is 437 g/mol. The Balaban J connectivity index is 1.45. The summed E-state index contributed by atoms with van der Waals surface area (Å²) >= 11 is 0. The zero-order valence-corrected chi connectivity index (χ0v) is 19.9. The highest BCUT2D eigenvalue weighted by Gasteiger charge is 2.13. The molecule has 3 N–H and O–H groups in total. The molecule has 0 saturated carbocycles. The number of Topliss-reactive ketones (excluding diaryl/α,β-unsaturated/α-hetero) is 1. The number of benzene rings is 2. The summed E-state index contributed by atoms with van der Waals surface area (Å²) < 4.78 is 0. The summed E-state index contributed by atoms with van der Waals surface area (Å²) in [4.78, 5) is 12.5. The SMILES string of the molecule is NCCCCCCCC/C=C\CCCCCCCCC(=O)c1ccc2ccccc2c1O. The summed E-state index contributed by atoms with van der Waals surface area (Å²) in [6.45, 7) is 0.833. The number of nitrogens with two attached hydrogens (primary N) is 1. The zero-order chi connectivity index (χ0) is 22.9. The van der Waals surface area contributed by atoms with Crippen molar-refractivity contribution in [3.8, 4) is 5.75 Å². The molecule has 0 saturated heterocycles.